The van der Waals surface area contributed by atoms with Gasteiger partial charge in [-0.15, -0.1) is 22.7 Å². The van der Waals surface area contributed by atoms with Crippen LogP contribution in [-0.4, -0.2) is 139 Å². The quantitative estimate of drug-likeness (QED) is 0.0169. The summed E-state index contributed by atoms with van der Waals surface area (Å²) in [5, 5.41) is 41.6. The number of likely N-dealkylation sites (tertiary alicyclic amines) is 1. The minimum absolute atomic E-state index is 0.0326. The maximum atomic E-state index is 14.0. The van der Waals surface area contributed by atoms with Gasteiger partial charge < -0.3 is 54.5 Å². The number of aliphatic hydroxyl groups is 1. The van der Waals surface area contributed by atoms with Crippen LogP contribution in [0.4, 0.5) is 0 Å². The standard InChI is InChI=1S/C61H68N6O12S2/c1-38(41-11-13-42(14-12-41)55-39(2)62-37-80-55)64-59(73)51-32-48(70)35-67(51)60(74)57(61(3,4)5)65-53(71)36-78-28-27-76-24-23-75-25-26-77-29-30-79-49-20-9-40(10-21-49)34-63-66-58(72)45-8-6-7-44(31-45)54-50-22-19-47(69)33-52(50)81-56(54)43-15-17-46(68)18-16-43/h6-22,31,33-34,37-38,48,51,57,68-70H,23-30,32,35-36H2,1-5H3,(H,64,73)(H,65,71)(H,66,72)/b63-34+/t38-,48+,51-,57+/m0/s1. The van der Waals surface area contributed by atoms with Crippen LogP contribution in [0.25, 0.3) is 42.1 Å². The van der Waals surface area contributed by atoms with Crippen LogP contribution in [0, 0.1) is 12.3 Å². The first-order valence-corrected chi connectivity index (χ1v) is 28.3. The number of carbonyl (C=O) groups excluding carboxylic acids is 4. The number of aromatic nitrogens is 1. The van der Waals surface area contributed by atoms with E-state index in [1.54, 1.807) is 60.0 Å². The van der Waals surface area contributed by atoms with Crippen molar-refractivity contribution in [2.24, 2.45) is 10.5 Å². The third-order valence-corrected chi connectivity index (χ3v) is 15.6. The molecule has 1 aliphatic rings. The molecule has 5 aromatic carbocycles. The van der Waals surface area contributed by atoms with Crippen LogP contribution in [0.3, 0.4) is 0 Å². The van der Waals surface area contributed by atoms with E-state index >= 15 is 0 Å². The molecule has 0 spiro atoms. The molecule has 0 saturated carbocycles. The summed E-state index contributed by atoms with van der Waals surface area (Å²) in [4.78, 5) is 61.6. The predicted octanol–water partition coefficient (Wildman–Crippen LogP) is 8.66. The van der Waals surface area contributed by atoms with Crippen molar-refractivity contribution in [3.8, 4) is 49.3 Å². The monoisotopic (exact) mass is 1140 g/mol. The lowest BCUT2D eigenvalue weighted by molar-refractivity contribution is -0.144. The van der Waals surface area contributed by atoms with E-state index in [1.807, 2.05) is 113 Å². The highest BCUT2D eigenvalue weighted by Crippen LogP contribution is 2.46. The molecule has 0 radical (unpaired) electrons. The third kappa shape index (κ3) is 16.3. The summed E-state index contributed by atoms with van der Waals surface area (Å²) >= 11 is 3.09. The van der Waals surface area contributed by atoms with Crippen LogP contribution in [0.5, 0.6) is 17.2 Å². The van der Waals surface area contributed by atoms with Gasteiger partial charge in [-0.05, 0) is 126 Å². The lowest BCUT2D eigenvalue weighted by atomic mass is 9.85. The van der Waals surface area contributed by atoms with E-state index in [2.05, 4.69) is 26.1 Å². The number of β-amino-alcohol motifs (C(OH)–C–C–N with tert-alkyl or cyclic N) is 1. The van der Waals surface area contributed by atoms with Gasteiger partial charge in [0.2, 0.25) is 17.7 Å². The van der Waals surface area contributed by atoms with Crippen LogP contribution < -0.4 is 20.8 Å². The van der Waals surface area contributed by atoms with E-state index in [0.29, 0.717) is 51.0 Å². The molecular formula is C61H68N6O12S2. The average molecular weight is 1140 g/mol. The van der Waals surface area contributed by atoms with E-state index in [1.165, 1.54) is 16.2 Å². The lowest BCUT2D eigenvalue weighted by Crippen LogP contribution is -2.58. The molecule has 1 saturated heterocycles. The Morgan fingerprint density at radius 2 is 1.41 bits per heavy atom. The first kappa shape index (κ1) is 59.6. The van der Waals surface area contributed by atoms with E-state index in [-0.39, 0.29) is 62.1 Å². The summed E-state index contributed by atoms with van der Waals surface area (Å²) in [6.07, 6.45) is 0.734. The number of phenols is 2. The summed E-state index contributed by atoms with van der Waals surface area (Å²) in [5.74, 6) is -0.753. The molecule has 3 heterocycles. The van der Waals surface area contributed by atoms with Crippen molar-refractivity contribution in [3.05, 3.63) is 143 Å². The first-order chi connectivity index (χ1) is 39.0. The number of hydrogen-bond donors (Lipinski definition) is 6. The molecule has 1 aliphatic heterocycles. The molecule has 18 nitrogen and oxygen atoms in total. The van der Waals surface area contributed by atoms with E-state index in [4.69, 9.17) is 23.7 Å². The van der Waals surface area contributed by atoms with Gasteiger partial charge >= 0.3 is 0 Å². The van der Waals surface area contributed by atoms with Gasteiger partial charge in [-0.3, -0.25) is 19.2 Å². The molecule has 0 aliphatic carbocycles. The van der Waals surface area contributed by atoms with Crippen LogP contribution in [-0.2, 0) is 33.3 Å². The number of rotatable bonds is 26. The van der Waals surface area contributed by atoms with Crippen LogP contribution in [0.2, 0.25) is 0 Å². The molecule has 7 aromatic rings. The molecule has 2 aromatic heterocycles. The molecular weight excluding hydrogens is 1070 g/mol. The SMILES string of the molecule is Cc1ncsc1-c1ccc([C@H](C)NC(=O)[C@@H]2C[C@@H](O)CN2C(=O)[C@@H](NC(=O)COCCOCCOCCOCCOc2ccc(/C=N/NC(=O)c3cccc(-c4c(-c5ccc(O)cc5)sc5cc(O)ccc45)c3)cc2)C(C)(C)C)cc1. The molecule has 0 bridgehead atoms. The van der Waals surface area contributed by atoms with Gasteiger partial charge in [0.15, 0.2) is 0 Å². The summed E-state index contributed by atoms with van der Waals surface area (Å²) in [5.41, 5.74) is 10.4. The van der Waals surface area contributed by atoms with Crippen molar-refractivity contribution in [1.82, 2.24) is 25.9 Å². The topological polar surface area (TPSA) is 240 Å². The Bertz CT molecular complexity index is 3270. The number of hydrogen-bond acceptors (Lipinski definition) is 16. The zero-order valence-corrected chi connectivity index (χ0v) is 47.5. The highest BCUT2D eigenvalue weighted by atomic mass is 32.1. The van der Waals surface area contributed by atoms with E-state index in [9.17, 15) is 34.5 Å². The minimum Gasteiger partial charge on any atom is -0.508 e. The summed E-state index contributed by atoms with van der Waals surface area (Å²) < 4.78 is 29.0. The summed E-state index contributed by atoms with van der Waals surface area (Å²) in [7, 11) is 0. The largest absolute Gasteiger partial charge is 0.508 e. The van der Waals surface area contributed by atoms with Gasteiger partial charge in [0.05, 0.1) is 80.7 Å². The molecule has 426 valence electrons. The smallest absolute Gasteiger partial charge is 0.271 e. The molecule has 4 amide bonds. The number of amides is 4. The fraction of sp³-hybridized carbons (Fsp3) is 0.344. The number of nitrogens with one attached hydrogen (secondary N) is 3. The predicted molar refractivity (Wildman–Crippen MR) is 313 cm³/mol. The minimum atomic E-state index is -0.985. The van der Waals surface area contributed by atoms with Gasteiger partial charge in [0.25, 0.3) is 5.91 Å². The molecule has 1 fully saturated rings. The van der Waals surface area contributed by atoms with Crippen LogP contribution in [0.15, 0.2) is 126 Å². The number of ether oxygens (including phenoxy) is 5. The van der Waals surface area contributed by atoms with Crippen molar-refractivity contribution in [2.45, 2.75) is 65.3 Å². The number of aromatic hydroxyl groups is 2. The number of thiophene rings is 1. The number of thiazole rings is 1. The molecule has 0 unspecified atom stereocenters. The molecule has 81 heavy (non-hydrogen) atoms. The molecule has 4 atom stereocenters. The Labute approximate surface area is 478 Å². The van der Waals surface area contributed by atoms with Gasteiger partial charge in [-0.25, -0.2) is 10.4 Å². The summed E-state index contributed by atoms with van der Waals surface area (Å²) in [6, 6.07) is 32.3. The van der Waals surface area contributed by atoms with E-state index < -0.39 is 35.4 Å². The van der Waals surface area contributed by atoms with Gasteiger partial charge in [0.1, 0.15) is 42.5 Å². The van der Waals surface area contributed by atoms with Crippen LogP contribution in [0.1, 0.15) is 67.3 Å². The van der Waals surface area contributed by atoms with Crippen molar-refractivity contribution >= 4 is 62.6 Å². The van der Waals surface area contributed by atoms with Gasteiger partial charge in [-0.2, -0.15) is 5.10 Å². The maximum absolute atomic E-state index is 14.0. The van der Waals surface area contributed by atoms with Crippen molar-refractivity contribution in [1.29, 1.82) is 0 Å². The number of nitrogens with zero attached hydrogens (tertiary/aromatic N) is 3. The number of fused-ring (bicyclic) bond motifs is 1. The zero-order valence-electron chi connectivity index (χ0n) is 45.9. The second-order valence-electron chi connectivity index (χ2n) is 20.5. The number of benzene rings is 5. The third-order valence-electron chi connectivity index (χ3n) is 13.4. The number of hydrazone groups is 1. The fourth-order valence-corrected chi connectivity index (χ4v) is 11.2. The Balaban J connectivity index is 0.665. The number of carbonyl (C=O) groups is 4. The first-order valence-electron chi connectivity index (χ1n) is 26.6. The Kier molecular flexibility index (Phi) is 20.8. The molecule has 20 heteroatoms. The second kappa shape index (κ2) is 28.2. The molecule has 8 rings (SSSR count). The fourth-order valence-electron chi connectivity index (χ4n) is 9.15. The number of aliphatic hydroxyl groups excluding tert-OH is 1. The highest BCUT2D eigenvalue weighted by Gasteiger charge is 2.44. The average Bonchev–Trinajstić information content (AvgIpc) is 3.99. The van der Waals surface area contributed by atoms with Crippen molar-refractivity contribution in [3.63, 3.8) is 0 Å². The molecule has 6 N–H and O–H groups in total. The highest BCUT2D eigenvalue weighted by molar-refractivity contribution is 7.23. The van der Waals surface area contributed by atoms with Crippen LogP contribution >= 0.6 is 22.7 Å². The van der Waals surface area contributed by atoms with Gasteiger partial charge in [0, 0.05) is 39.1 Å². The Morgan fingerprint density at radius 3 is 2.07 bits per heavy atom. The maximum Gasteiger partial charge on any atom is 0.271 e. The normalized spacial score (nSPS) is 15.2. The Hall–Kier alpha value is -7.56. The lowest BCUT2D eigenvalue weighted by Gasteiger charge is -2.35. The van der Waals surface area contributed by atoms with Crippen molar-refractivity contribution in [2.75, 3.05) is 66.0 Å². The van der Waals surface area contributed by atoms with Gasteiger partial charge in [-0.1, -0.05) is 57.2 Å². The second-order valence-corrected chi connectivity index (χ2v) is 22.4. The van der Waals surface area contributed by atoms with E-state index in [0.717, 1.165) is 58.9 Å². The summed E-state index contributed by atoms with van der Waals surface area (Å²) in [6.45, 7) is 11.3. The van der Waals surface area contributed by atoms with Crippen molar-refractivity contribution < 1.29 is 58.2 Å². The number of aryl methyl sites for hydroxylation is 1. The zero-order chi connectivity index (χ0) is 57.5. The Morgan fingerprint density at radius 1 is 0.765 bits per heavy atom. The number of phenolic OH excluding ortho intramolecular Hbond substituents is 2.